The highest BCUT2D eigenvalue weighted by molar-refractivity contribution is 6.31. The van der Waals surface area contributed by atoms with E-state index in [9.17, 15) is 19.2 Å². The maximum atomic E-state index is 12.6. The van der Waals surface area contributed by atoms with E-state index in [0.29, 0.717) is 22.5 Å². The predicted molar refractivity (Wildman–Crippen MR) is 99.8 cm³/mol. The summed E-state index contributed by atoms with van der Waals surface area (Å²) in [4.78, 5) is 48.9. The lowest BCUT2D eigenvalue weighted by molar-refractivity contribution is -0.120. The molecule has 0 aliphatic carbocycles. The Morgan fingerprint density at radius 1 is 0.821 bits per heavy atom. The van der Waals surface area contributed by atoms with Gasteiger partial charge in [-0.05, 0) is 48.5 Å². The Hall–Kier alpha value is -3.94. The minimum atomic E-state index is -0.534. The molecule has 1 N–H and O–H groups in total. The summed E-state index contributed by atoms with van der Waals surface area (Å²) in [6, 6.07) is 12.2. The molecule has 1 heterocycles. The largest absolute Gasteiger partial charge is 0.465 e. The summed E-state index contributed by atoms with van der Waals surface area (Å²) in [5.41, 5.74) is 1.62. The van der Waals surface area contributed by atoms with Gasteiger partial charge in [0.05, 0.1) is 31.0 Å². The van der Waals surface area contributed by atoms with E-state index in [-0.39, 0.29) is 5.70 Å². The lowest BCUT2D eigenvalue weighted by Gasteiger charge is -2.15. The molecule has 8 nitrogen and oxygen atoms in total. The van der Waals surface area contributed by atoms with Gasteiger partial charge in [0.1, 0.15) is 5.70 Å². The first-order valence-corrected chi connectivity index (χ1v) is 8.18. The number of nitrogens with zero attached hydrogens (tertiary/aromatic N) is 1. The molecular weight excluding hydrogens is 364 g/mol. The summed E-state index contributed by atoms with van der Waals surface area (Å²) in [6.07, 6.45) is 1.19. The molecule has 0 fully saturated rings. The second-order valence-corrected chi connectivity index (χ2v) is 5.77. The van der Waals surface area contributed by atoms with Gasteiger partial charge in [0.2, 0.25) is 0 Å². The summed E-state index contributed by atoms with van der Waals surface area (Å²) in [6.45, 7) is 0. The summed E-state index contributed by atoms with van der Waals surface area (Å²) >= 11 is 0. The van der Waals surface area contributed by atoms with Gasteiger partial charge in [-0.15, -0.1) is 0 Å². The lowest BCUT2D eigenvalue weighted by Crippen LogP contribution is -2.31. The van der Waals surface area contributed by atoms with Crippen molar-refractivity contribution < 1.29 is 28.7 Å². The Morgan fingerprint density at radius 2 is 1.32 bits per heavy atom. The van der Waals surface area contributed by atoms with E-state index >= 15 is 0 Å². The van der Waals surface area contributed by atoms with Crippen LogP contribution in [0.1, 0.15) is 20.7 Å². The molecule has 2 aromatic carbocycles. The zero-order valence-electron chi connectivity index (χ0n) is 15.1. The van der Waals surface area contributed by atoms with Gasteiger partial charge in [0.15, 0.2) is 0 Å². The number of hydrogen-bond donors (Lipinski definition) is 1. The molecule has 0 aromatic heterocycles. The van der Waals surface area contributed by atoms with E-state index in [1.54, 1.807) is 24.3 Å². The van der Waals surface area contributed by atoms with Crippen LogP contribution in [-0.2, 0) is 19.1 Å². The second-order valence-electron chi connectivity index (χ2n) is 5.77. The van der Waals surface area contributed by atoms with Crippen LogP contribution in [0.15, 0.2) is 60.3 Å². The number of amides is 2. The summed E-state index contributed by atoms with van der Waals surface area (Å²) in [5, 5.41) is 2.87. The zero-order chi connectivity index (χ0) is 20.3. The number of benzene rings is 2. The molecule has 3 rings (SSSR count). The minimum Gasteiger partial charge on any atom is -0.465 e. The predicted octanol–water partition coefficient (Wildman–Crippen LogP) is 2.13. The average Bonchev–Trinajstić information content (AvgIpc) is 3.00. The number of carbonyl (C=O) groups is 4. The number of methoxy groups -OCH3 is 2. The van der Waals surface area contributed by atoms with Crippen molar-refractivity contribution >= 4 is 35.1 Å². The summed E-state index contributed by atoms with van der Waals surface area (Å²) < 4.78 is 9.25. The molecule has 0 unspecified atom stereocenters. The van der Waals surface area contributed by atoms with Crippen molar-refractivity contribution in [3.63, 3.8) is 0 Å². The Bertz CT molecular complexity index is 977. The van der Waals surface area contributed by atoms with E-state index in [4.69, 9.17) is 0 Å². The van der Waals surface area contributed by atoms with Crippen molar-refractivity contribution in [3.8, 4) is 0 Å². The van der Waals surface area contributed by atoms with Crippen LogP contribution < -0.4 is 10.2 Å². The molecule has 0 saturated heterocycles. The maximum Gasteiger partial charge on any atom is 0.337 e. The monoisotopic (exact) mass is 380 g/mol. The van der Waals surface area contributed by atoms with Crippen molar-refractivity contribution in [2.75, 3.05) is 24.4 Å². The van der Waals surface area contributed by atoms with Crippen molar-refractivity contribution in [3.05, 3.63) is 71.4 Å². The van der Waals surface area contributed by atoms with Gasteiger partial charge < -0.3 is 14.8 Å². The van der Waals surface area contributed by atoms with Gasteiger partial charge in [-0.1, -0.05) is 0 Å². The van der Waals surface area contributed by atoms with Crippen molar-refractivity contribution in [1.82, 2.24) is 0 Å². The van der Waals surface area contributed by atoms with Crippen molar-refractivity contribution in [1.29, 1.82) is 0 Å². The standard InChI is InChI=1S/C20H16N2O6/c1-27-19(25)12-3-7-14(8-4-12)21-16-11-17(23)22(18(16)24)15-9-5-13(6-10-15)20(26)28-2/h3-11,21H,1-2H3. The zero-order valence-corrected chi connectivity index (χ0v) is 15.1. The molecule has 0 saturated carbocycles. The quantitative estimate of drug-likeness (QED) is 0.626. The van der Waals surface area contributed by atoms with Gasteiger partial charge in [0, 0.05) is 11.8 Å². The number of imide groups is 1. The molecular formula is C20H16N2O6. The van der Waals surface area contributed by atoms with Crippen LogP contribution >= 0.6 is 0 Å². The van der Waals surface area contributed by atoms with Gasteiger partial charge in [-0.25, -0.2) is 14.5 Å². The number of esters is 2. The van der Waals surface area contributed by atoms with Gasteiger partial charge in [0.25, 0.3) is 11.8 Å². The third-order valence-corrected chi connectivity index (χ3v) is 4.05. The molecule has 0 bridgehead atoms. The summed E-state index contributed by atoms with van der Waals surface area (Å²) in [7, 11) is 2.55. The summed E-state index contributed by atoms with van der Waals surface area (Å²) in [5.74, 6) is -2.03. The third kappa shape index (κ3) is 3.61. The van der Waals surface area contributed by atoms with Crippen LogP contribution in [0.3, 0.4) is 0 Å². The van der Waals surface area contributed by atoms with E-state index in [2.05, 4.69) is 14.8 Å². The number of carbonyl (C=O) groups excluding carboxylic acids is 4. The molecule has 0 atom stereocenters. The molecule has 142 valence electrons. The van der Waals surface area contributed by atoms with E-state index < -0.39 is 23.8 Å². The van der Waals surface area contributed by atoms with Crippen molar-refractivity contribution in [2.24, 2.45) is 0 Å². The fourth-order valence-corrected chi connectivity index (χ4v) is 2.63. The number of anilines is 2. The minimum absolute atomic E-state index is 0.0906. The van der Waals surface area contributed by atoms with Crippen LogP contribution in [-0.4, -0.2) is 38.0 Å². The molecule has 2 aromatic rings. The topological polar surface area (TPSA) is 102 Å². The highest BCUT2D eigenvalue weighted by Crippen LogP contribution is 2.24. The molecule has 0 spiro atoms. The van der Waals surface area contributed by atoms with Crippen LogP contribution in [0, 0.1) is 0 Å². The first kappa shape index (κ1) is 18.8. The fourth-order valence-electron chi connectivity index (χ4n) is 2.63. The van der Waals surface area contributed by atoms with Crippen molar-refractivity contribution in [2.45, 2.75) is 0 Å². The van der Waals surface area contributed by atoms with Crippen LogP contribution in [0.2, 0.25) is 0 Å². The Balaban J connectivity index is 1.75. The van der Waals surface area contributed by atoms with E-state index in [1.165, 1.54) is 44.6 Å². The second kappa shape index (κ2) is 7.75. The Morgan fingerprint density at radius 3 is 1.82 bits per heavy atom. The molecule has 2 amide bonds. The van der Waals surface area contributed by atoms with Crippen LogP contribution in [0.4, 0.5) is 11.4 Å². The molecule has 28 heavy (non-hydrogen) atoms. The van der Waals surface area contributed by atoms with Crippen LogP contribution in [0.5, 0.6) is 0 Å². The van der Waals surface area contributed by atoms with Crippen LogP contribution in [0.25, 0.3) is 0 Å². The normalized spacial score (nSPS) is 13.2. The molecule has 1 aliphatic heterocycles. The Labute approximate surface area is 160 Å². The number of nitrogens with one attached hydrogen (secondary N) is 1. The highest BCUT2D eigenvalue weighted by Gasteiger charge is 2.32. The van der Waals surface area contributed by atoms with Gasteiger partial charge in [-0.2, -0.15) is 0 Å². The SMILES string of the molecule is COC(=O)c1ccc(NC2=CC(=O)N(c3ccc(C(=O)OC)cc3)C2=O)cc1. The smallest absolute Gasteiger partial charge is 0.337 e. The number of rotatable bonds is 5. The first-order chi connectivity index (χ1) is 13.4. The molecule has 0 radical (unpaired) electrons. The lowest BCUT2D eigenvalue weighted by atomic mass is 10.2. The van der Waals surface area contributed by atoms with Gasteiger partial charge >= 0.3 is 11.9 Å². The molecule has 8 heteroatoms. The van der Waals surface area contributed by atoms with E-state index in [1.807, 2.05) is 0 Å². The maximum absolute atomic E-state index is 12.6. The number of ether oxygens (including phenoxy) is 2. The average molecular weight is 380 g/mol. The highest BCUT2D eigenvalue weighted by atomic mass is 16.5. The molecule has 1 aliphatic rings. The first-order valence-electron chi connectivity index (χ1n) is 8.18. The third-order valence-electron chi connectivity index (χ3n) is 4.05. The van der Waals surface area contributed by atoms with E-state index in [0.717, 1.165) is 4.90 Å². The number of hydrogen-bond acceptors (Lipinski definition) is 7. The van der Waals surface area contributed by atoms with Gasteiger partial charge in [-0.3, -0.25) is 9.59 Å². The fraction of sp³-hybridized carbons (Fsp3) is 0.100. The Kier molecular flexibility index (Phi) is 5.21.